The van der Waals surface area contributed by atoms with Gasteiger partial charge >= 0.3 is 0 Å². The zero-order valence-electron chi connectivity index (χ0n) is 17.4. The Bertz CT molecular complexity index is 959. The molecule has 3 aromatic rings. The topological polar surface area (TPSA) is 58.1 Å². The minimum atomic E-state index is -0.405. The molecule has 0 radical (unpaired) electrons. The largest absolute Gasteiger partial charge is 0.359 e. The first kappa shape index (κ1) is 20.2. The number of pyridine rings is 2. The normalized spacial score (nSPS) is 19.4. The van der Waals surface area contributed by atoms with Crippen LogP contribution in [0.15, 0.2) is 73.3 Å². The Morgan fingerprint density at radius 1 is 0.933 bits per heavy atom. The third-order valence-corrected chi connectivity index (χ3v) is 6.03. The molecule has 2 aromatic heterocycles. The number of amides is 1. The van der Waals surface area contributed by atoms with Crippen LogP contribution in [0.2, 0.25) is 0 Å². The van der Waals surface area contributed by atoms with Gasteiger partial charge in [-0.05, 0) is 72.3 Å². The van der Waals surface area contributed by atoms with Gasteiger partial charge in [0.2, 0.25) is 5.91 Å². The van der Waals surface area contributed by atoms with Gasteiger partial charge in [-0.15, -0.1) is 0 Å². The lowest BCUT2D eigenvalue weighted by molar-refractivity contribution is -0.134. The molecule has 5 heteroatoms. The van der Waals surface area contributed by atoms with Crippen molar-refractivity contribution in [1.82, 2.24) is 20.2 Å². The molecule has 5 nitrogen and oxygen atoms in total. The van der Waals surface area contributed by atoms with E-state index in [2.05, 4.69) is 44.5 Å². The Morgan fingerprint density at radius 3 is 2.23 bits per heavy atom. The summed E-state index contributed by atoms with van der Waals surface area (Å²) in [6.07, 6.45) is 9.95. The predicted molar refractivity (Wildman–Crippen MR) is 119 cm³/mol. The maximum absolute atomic E-state index is 13.0. The Morgan fingerprint density at radius 2 is 1.57 bits per heavy atom. The molecule has 3 heterocycles. The molecule has 1 aliphatic rings. The number of nitrogens with one attached hydrogen (secondary N) is 1. The summed E-state index contributed by atoms with van der Waals surface area (Å²) in [7, 11) is 1.75. The smallest absolute Gasteiger partial charge is 0.227 e. The van der Waals surface area contributed by atoms with Crippen LogP contribution >= 0.6 is 0 Å². The standard InChI is InChI=1S/C25H28N4O/c1-26-24(30)25(11-2-16-29(19-25)18-21-7-12-27-13-8-21)17-20-3-5-22(6-4-20)23-9-14-28-15-10-23/h3-10,12-15H,2,11,16-19H2,1H3,(H,26,30)/t25-/m1/s1. The van der Waals surface area contributed by atoms with Gasteiger partial charge in [-0.3, -0.25) is 19.7 Å². The summed E-state index contributed by atoms with van der Waals surface area (Å²) in [6, 6.07) is 16.7. The van der Waals surface area contributed by atoms with Crippen LogP contribution < -0.4 is 5.32 Å². The molecule has 0 unspecified atom stereocenters. The van der Waals surface area contributed by atoms with Crippen LogP contribution in [0.1, 0.15) is 24.0 Å². The van der Waals surface area contributed by atoms with E-state index in [1.165, 1.54) is 11.1 Å². The molecule has 1 amide bonds. The zero-order valence-corrected chi connectivity index (χ0v) is 17.4. The molecule has 1 aliphatic heterocycles. The maximum Gasteiger partial charge on any atom is 0.227 e. The van der Waals surface area contributed by atoms with E-state index in [1.54, 1.807) is 7.05 Å². The quantitative estimate of drug-likeness (QED) is 0.685. The third-order valence-electron chi connectivity index (χ3n) is 6.03. The molecule has 1 aromatic carbocycles. The monoisotopic (exact) mass is 400 g/mol. The van der Waals surface area contributed by atoms with Crippen molar-refractivity contribution in [3.8, 4) is 11.1 Å². The van der Waals surface area contributed by atoms with E-state index in [1.807, 2.05) is 49.1 Å². The van der Waals surface area contributed by atoms with Crippen molar-refractivity contribution in [2.75, 3.05) is 20.1 Å². The fraction of sp³-hybridized carbons (Fsp3) is 0.320. The molecule has 1 fully saturated rings. The molecule has 0 aliphatic carbocycles. The van der Waals surface area contributed by atoms with Crippen molar-refractivity contribution < 1.29 is 4.79 Å². The van der Waals surface area contributed by atoms with E-state index in [4.69, 9.17) is 0 Å². The van der Waals surface area contributed by atoms with Gasteiger partial charge in [0.15, 0.2) is 0 Å². The summed E-state index contributed by atoms with van der Waals surface area (Å²) in [5.74, 6) is 0.139. The Labute approximate surface area is 178 Å². The van der Waals surface area contributed by atoms with E-state index >= 15 is 0 Å². The second-order valence-electron chi connectivity index (χ2n) is 8.14. The molecule has 4 rings (SSSR count). The Kier molecular flexibility index (Phi) is 6.19. The van der Waals surface area contributed by atoms with Gasteiger partial charge in [0.1, 0.15) is 0 Å². The summed E-state index contributed by atoms with van der Waals surface area (Å²) in [5.41, 5.74) is 4.34. The van der Waals surface area contributed by atoms with Gasteiger partial charge in [0, 0.05) is 44.9 Å². The lowest BCUT2D eigenvalue weighted by Crippen LogP contribution is -2.52. The number of rotatable bonds is 6. The molecule has 0 saturated carbocycles. The zero-order chi connectivity index (χ0) is 20.8. The van der Waals surface area contributed by atoms with Crippen molar-refractivity contribution in [3.05, 3.63) is 84.4 Å². The molecular formula is C25H28N4O. The number of benzene rings is 1. The first-order chi connectivity index (χ1) is 14.7. The molecule has 0 bridgehead atoms. The highest BCUT2D eigenvalue weighted by atomic mass is 16.2. The Hall–Kier alpha value is -3.05. The number of hydrogen-bond donors (Lipinski definition) is 1. The minimum Gasteiger partial charge on any atom is -0.359 e. The second kappa shape index (κ2) is 9.18. The molecular weight excluding hydrogens is 372 g/mol. The van der Waals surface area contributed by atoms with Gasteiger partial charge in [-0.1, -0.05) is 24.3 Å². The van der Waals surface area contributed by atoms with Gasteiger partial charge in [0.25, 0.3) is 0 Å². The van der Waals surface area contributed by atoms with Gasteiger partial charge in [0.05, 0.1) is 5.41 Å². The number of piperidine rings is 1. The van der Waals surface area contributed by atoms with Crippen LogP contribution in [-0.2, 0) is 17.8 Å². The SMILES string of the molecule is CNC(=O)[C@@]1(Cc2ccc(-c3ccncc3)cc2)CCCN(Cc2ccncc2)C1. The average Bonchev–Trinajstić information content (AvgIpc) is 2.80. The number of hydrogen-bond acceptors (Lipinski definition) is 4. The second-order valence-corrected chi connectivity index (χ2v) is 8.14. The molecule has 30 heavy (non-hydrogen) atoms. The highest BCUT2D eigenvalue weighted by Crippen LogP contribution is 2.35. The minimum absolute atomic E-state index is 0.139. The van der Waals surface area contributed by atoms with Crippen LogP contribution in [-0.4, -0.2) is 40.9 Å². The van der Waals surface area contributed by atoms with E-state index in [0.29, 0.717) is 0 Å². The van der Waals surface area contributed by atoms with Gasteiger partial charge < -0.3 is 5.32 Å². The third kappa shape index (κ3) is 4.57. The summed E-state index contributed by atoms with van der Waals surface area (Å²) in [6.45, 7) is 2.63. The average molecular weight is 401 g/mol. The Balaban J connectivity index is 1.52. The lowest BCUT2D eigenvalue weighted by atomic mass is 9.74. The molecule has 0 spiro atoms. The first-order valence-electron chi connectivity index (χ1n) is 10.5. The van der Waals surface area contributed by atoms with Crippen LogP contribution in [0, 0.1) is 5.41 Å². The fourth-order valence-corrected chi connectivity index (χ4v) is 4.53. The van der Waals surface area contributed by atoms with Gasteiger partial charge in [-0.25, -0.2) is 0 Å². The summed E-state index contributed by atoms with van der Waals surface area (Å²) in [4.78, 5) is 23.6. The van der Waals surface area contributed by atoms with E-state index in [-0.39, 0.29) is 5.91 Å². The van der Waals surface area contributed by atoms with Crippen LogP contribution in [0.3, 0.4) is 0 Å². The lowest BCUT2D eigenvalue weighted by Gasteiger charge is -2.41. The highest BCUT2D eigenvalue weighted by Gasteiger charge is 2.41. The molecule has 1 N–H and O–H groups in total. The highest BCUT2D eigenvalue weighted by molar-refractivity contribution is 5.83. The van der Waals surface area contributed by atoms with Crippen molar-refractivity contribution in [1.29, 1.82) is 0 Å². The molecule has 1 atom stereocenters. The van der Waals surface area contributed by atoms with Crippen molar-refractivity contribution in [2.24, 2.45) is 5.41 Å². The summed E-state index contributed by atoms with van der Waals surface area (Å²) in [5, 5.41) is 2.93. The molecule has 1 saturated heterocycles. The van der Waals surface area contributed by atoms with Crippen LogP contribution in [0.4, 0.5) is 0 Å². The summed E-state index contributed by atoms with van der Waals surface area (Å²) < 4.78 is 0. The van der Waals surface area contributed by atoms with Crippen LogP contribution in [0.5, 0.6) is 0 Å². The number of nitrogens with zero attached hydrogens (tertiary/aromatic N) is 3. The number of likely N-dealkylation sites (tertiary alicyclic amines) is 1. The first-order valence-corrected chi connectivity index (χ1v) is 10.5. The molecule has 154 valence electrons. The fourth-order valence-electron chi connectivity index (χ4n) is 4.53. The number of carbonyl (C=O) groups is 1. The van der Waals surface area contributed by atoms with Crippen molar-refractivity contribution in [3.63, 3.8) is 0 Å². The number of aromatic nitrogens is 2. The van der Waals surface area contributed by atoms with Gasteiger partial charge in [-0.2, -0.15) is 0 Å². The number of carbonyl (C=O) groups excluding carboxylic acids is 1. The van der Waals surface area contributed by atoms with Crippen LogP contribution in [0.25, 0.3) is 11.1 Å². The maximum atomic E-state index is 13.0. The van der Waals surface area contributed by atoms with E-state index < -0.39 is 5.41 Å². The predicted octanol–water partition coefficient (Wildman–Crippen LogP) is 3.71. The van der Waals surface area contributed by atoms with E-state index in [0.717, 1.165) is 50.0 Å². The van der Waals surface area contributed by atoms with E-state index in [9.17, 15) is 4.79 Å². The van der Waals surface area contributed by atoms with Crippen molar-refractivity contribution >= 4 is 5.91 Å². The van der Waals surface area contributed by atoms with Crippen molar-refractivity contribution in [2.45, 2.75) is 25.8 Å². The summed E-state index contributed by atoms with van der Waals surface area (Å²) >= 11 is 0.